The highest BCUT2D eigenvalue weighted by Gasteiger charge is 2.15. The van der Waals surface area contributed by atoms with Crippen LogP contribution in [0, 0.1) is 13.8 Å². The Morgan fingerprint density at radius 2 is 1.77 bits per heavy atom. The summed E-state index contributed by atoms with van der Waals surface area (Å²) in [5.41, 5.74) is 2.53. The number of hydrogen-bond donors (Lipinski definition) is 2. The first kappa shape index (κ1) is 19.8. The molecule has 2 rings (SSSR count). The summed E-state index contributed by atoms with van der Waals surface area (Å²) < 4.78 is 30.9. The van der Waals surface area contributed by atoms with E-state index in [1.807, 2.05) is 38.1 Å². The van der Waals surface area contributed by atoms with Crippen LogP contribution in [-0.4, -0.2) is 33.2 Å². The van der Waals surface area contributed by atoms with Gasteiger partial charge in [-0.3, -0.25) is 9.52 Å². The average molecular weight is 376 g/mol. The highest BCUT2D eigenvalue weighted by Crippen LogP contribution is 2.20. The van der Waals surface area contributed by atoms with Crippen molar-refractivity contribution in [3.05, 3.63) is 59.2 Å². The molecule has 0 radical (unpaired) electrons. The third-order valence-corrected chi connectivity index (χ3v) is 4.36. The SMILES string of the molecule is Cc1ccc(OCC(C)NC(=O)c2cccc(NS(C)(=O)=O)c2C)cc1. The zero-order valence-electron chi connectivity index (χ0n) is 15.4. The molecule has 1 atom stereocenters. The molecule has 0 heterocycles. The second-order valence-electron chi connectivity index (χ2n) is 6.35. The number of sulfonamides is 1. The van der Waals surface area contributed by atoms with Crippen molar-refractivity contribution in [1.82, 2.24) is 5.32 Å². The smallest absolute Gasteiger partial charge is 0.251 e. The van der Waals surface area contributed by atoms with Gasteiger partial charge in [0.2, 0.25) is 10.0 Å². The largest absolute Gasteiger partial charge is 0.491 e. The number of rotatable bonds is 7. The standard InChI is InChI=1S/C19H24N2O4S/c1-13-8-10-16(11-9-13)25-12-14(2)20-19(22)17-6-5-7-18(15(17)3)21-26(4,23)24/h5-11,14,21H,12H2,1-4H3,(H,20,22). The van der Waals surface area contributed by atoms with Gasteiger partial charge in [-0.1, -0.05) is 23.8 Å². The van der Waals surface area contributed by atoms with E-state index in [1.54, 1.807) is 25.1 Å². The third-order valence-electron chi connectivity index (χ3n) is 3.77. The zero-order valence-corrected chi connectivity index (χ0v) is 16.2. The fourth-order valence-electron chi connectivity index (χ4n) is 2.39. The van der Waals surface area contributed by atoms with Crippen LogP contribution in [0.3, 0.4) is 0 Å². The van der Waals surface area contributed by atoms with Crippen LogP contribution in [0.5, 0.6) is 5.75 Å². The lowest BCUT2D eigenvalue weighted by atomic mass is 10.1. The second-order valence-corrected chi connectivity index (χ2v) is 8.10. The summed E-state index contributed by atoms with van der Waals surface area (Å²) in [6.07, 6.45) is 1.07. The molecule has 2 aromatic carbocycles. The average Bonchev–Trinajstić information content (AvgIpc) is 2.55. The summed E-state index contributed by atoms with van der Waals surface area (Å²) in [4.78, 5) is 12.5. The van der Waals surface area contributed by atoms with Gasteiger partial charge in [0.05, 0.1) is 18.0 Å². The number of nitrogens with one attached hydrogen (secondary N) is 2. The Bertz CT molecular complexity index is 877. The maximum atomic E-state index is 12.5. The van der Waals surface area contributed by atoms with Crippen LogP contribution in [0.15, 0.2) is 42.5 Å². The Morgan fingerprint density at radius 3 is 2.38 bits per heavy atom. The zero-order chi connectivity index (χ0) is 19.3. The predicted octanol–water partition coefficient (Wildman–Crippen LogP) is 2.87. The molecule has 0 bridgehead atoms. The summed E-state index contributed by atoms with van der Waals surface area (Å²) >= 11 is 0. The Morgan fingerprint density at radius 1 is 1.12 bits per heavy atom. The molecule has 6 nitrogen and oxygen atoms in total. The molecule has 0 aliphatic rings. The molecule has 0 aliphatic heterocycles. The minimum atomic E-state index is -3.41. The van der Waals surface area contributed by atoms with Crippen LogP contribution in [0.2, 0.25) is 0 Å². The number of amides is 1. The van der Waals surface area contributed by atoms with E-state index < -0.39 is 10.0 Å². The quantitative estimate of drug-likeness (QED) is 0.778. The van der Waals surface area contributed by atoms with Gasteiger partial charge in [-0.15, -0.1) is 0 Å². The molecule has 26 heavy (non-hydrogen) atoms. The van der Waals surface area contributed by atoms with E-state index in [9.17, 15) is 13.2 Å². The molecule has 2 aromatic rings. The Balaban J connectivity index is 2.00. The van der Waals surface area contributed by atoms with Crippen LogP contribution in [0.25, 0.3) is 0 Å². The van der Waals surface area contributed by atoms with Crippen LogP contribution in [0.1, 0.15) is 28.4 Å². The van der Waals surface area contributed by atoms with Gasteiger partial charge in [-0.05, 0) is 50.6 Å². The first-order valence-corrected chi connectivity index (χ1v) is 10.1. The highest BCUT2D eigenvalue weighted by molar-refractivity contribution is 7.92. The Hall–Kier alpha value is -2.54. The van der Waals surface area contributed by atoms with E-state index in [0.29, 0.717) is 23.4 Å². The normalized spacial score (nSPS) is 12.3. The van der Waals surface area contributed by atoms with Crippen molar-refractivity contribution >= 4 is 21.6 Å². The van der Waals surface area contributed by atoms with E-state index in [-0.39, 0.29) is 11.9 Å². The molecule has 7 heteroatoms. The van der Waals surface area contributed by atoms with Gasteiger partial charge in [-0.2, -0.15) is 0 Å². The van der Waals surface area contributed by atoms with E-state index in [1.165, 1.54) is 0 Å². The maximum Gasteiger partial charge on any atom is 0.251 e. The summed E-state index contributed by atoms with van der Waals surface area (Å²) in [5.74, 6) is 0.465. The lowest BCUT2D eigenvalue weighted by Gasteiger charge is -2.17. The Kier molecular flexibility index (Phi) is 6.26. The predicted molar refractivity (Wildman–Crippen MR) is 103 cm³/mol. The fraction of sp³-hybridized carbons (Fsp3) is 0.316. The number of benzene rings is 2. The van der Waals surface area contributed by atoms with Crippen LogP contribution >= 0.6 is 0 Å². The fourth-order valence-corrected chi connectivity index (χ4v) is 3.01. The molecule has 1 amide bonds. The van der Waals surface area contributed by atoms with Crippen molar-refractivity contribution in [2.75, 3.05) is 17.6 Å². The molecule has 2 N–H and O–H groups in total. The van der Waals surface area contributed by atoms with Crippen molar-refractivity contribution in [1.29, 1.82) is 0 Å². The molecule has 0 aromatic heterocycles. The second kappa shape index (κ2) is 8.23. The molecular formula is C19H24N2O4S. The lowest BCUT2D eigenvalue weighted by molar-refractivity contribution is 0.0926. The molecule has 0 spiro atoms. The topological polar surface area (TPSA) is 84.5 Å². The minimum absolute atomic E-state index is 0.213. The number of aryl methyl sites for hydroxylation is 1. The Labute approximate surface area is 154 Å². The van der Waals surface area contributed by atoms with Gasteiger partial charge in [0.1, 0.15) is 12.4 Å². The van der Waals surface area contributed by atoms with Crippen molar-refractivity contribution in [2.24, 2.45) is 0 Å². The summed E-state index contributed by atoms with van der Waals surface area (Å²) in [5, 5.41) is 2.87. The van der Waals surface area contributed by atoms with Gasteiger partial charge >= 0.3 is 0 Å². The molecule has 0 saturated heterocycles. The monoisotopic (exact) mass is 376 g/mol. The highest BCUT2D eigenvalue weighted by atomic mass is 32.2. The first-order valence-electron chi connectivity index (χ1n) is 8.23. The van der Waals surface area contributed by atoms with Crippen molar-refractivity contribution in [3.8, 4) is 5.75 Å². The van der Waals surface area contributed by atoms with Crippen LogP contribution in [0.4, 0.5) is 5.69 Å². The lowest BCUT2D eigenvalue weighted by Crippen LogP contribution is -2.37. The van der Waals surface area contributed by atoms with Crippen molar-refractivity contribution in [2.45, 2.75) is 26.8 Å². The van der Waals surface area contributed by atoms with Crippen molar-refractivity contribution in [3.63, 3.8) is 0 Å². The van der Waals surface area contributed by atoms with E-state index in [2.05, 4.69) is 10.0 Å². The number of hydrogen-bond acceptors (Lipinski definition) is 4. The summed E-state index contributed by atoms with van der Waals surface area (Å²) in [7, 11) is -3.41. The number of carbonyl (C=O) groups excluding carboxylic acids is 1. The summed E-state index contributed by atoms with van der Waals surface area (Å²) in [6, 6.07) is 12.4. The third kappa shape index (κ3) is 5.77. The van der Waals surface area contributed by atoms with Gasteiger partial charge in [0.15, 0.2) is 0 Å². The van der Waals surface area contributed by atoms with E-state index >= 15 is 0 Å². The van der Waals surface area contributed by atoms with Crippen molar-refractivity contribution < 1.29 is 17.9 Å². The number of anilines is 1. The number of carbonyl (C=O) groups is 1. The van der Waals surface area contributed by atoms with Gasteiger partial charge in [0.25, 0.3) is 5.91 Å². The summed E-state index contributed by atoms with van der Waals surface area (Å²) in [6.45, 7) is 5.88. The molecule has 140 valence electrons. The van der Waals surface area contributed by atoms with Crippen LogP contribution < -0.4 is 14.8 Å². The van der Waals surface area contributed by atoms with Gasteiger partial charge in [0, 0.05) is 5.56 Å². The molecule has 0 fully saturated rings. The molecule has 0 saturated carbocycles. The van der Waals surface area contributed by atoms with E-state index in [4.69, 9.17) is 4.74 Å². The number of ether oxygens (including phenoxy) is 1. The molecule has 0 aliphatic carbocycles. The van der Waals surface area contributed by atoms with Gasteiger partial charge in [-0.25, -0.2) is 8.42 Å². The van der Waals surface area contributed by atoms with Crippen LogP contribution in [-0.2, 0) is 10.0 Å². The first-order chi connectivity index (χ1) is 12.2. The van der Waals surface area contributed by atoms with E-state index in [0.717, 1.165) is 17.6 Å². The van der Waals surface area contributed by atoms with Gasteiger partial charge < -0.3 is 10.1 Å². The molecular weight excluding hydrogens is 352 g/mol. The molecule has 1 unspecified atom stereocenters. The minimum Gasteiger partial charge on any atom is -0.491 e. The maximum absolute atomic E-state index is 12.5.